The molecule has 0 radical (unpaired) electrons. The minimum atomic E-state index is -1.53. The number of carbonyl (C=O) groups excluding carboxylic acids is 1. The first-order valence-electron chi connectivity index (χ1n) is 14.1. The fourth-order valence-corrected chi connectivity index (χ4v) is 6.40. The van der Waals surface area contributed by atoms with Crippen LogP contribution in [0.1, 0.15) is 66.4 Å². The third kappa shape index (κ3) is 4.70. The minimum Gasteiger partial charge on any atom is -0.508 e. The summed E-state index contributed by atoms with van der Waals surface area (Å²) in [6.45, 7) is 2.70. The van der Waals surface area contributed by atoms with Crippen molar-refractivity contribution in [2.75, 3.05) is 6.61 Å². The molecule has 1 saturated carbocycles. The van der Waals surface area contributed by atoms with E-state index in [2.05, 4.69) is 16.0 Å². The van der Waals surface area contributed by atoms with E-state index in [1.807, 2.05) is 36.4 Å². The van der Waals surface area contributed by atoms with Gasteiger partial charge < -0.3 is 24.8 Å². The number of nitrogens with zero attached hydrogens (tertiary/aromatic N) is 1. The van der Waals surface area contributed by atoms with Crippen LogP contribution in [0.25, 0.3) is 22.2 Å². The van der Waals surface area contributed by atoms with E-state index in [1.54, 1.807) is 12.1 Å². The monoisotopic (exact) mass is 538 g/mol. The van der Waals surface area contributed by atoms with Crippen molar-refractivity contribution in [1.82, 2.24) is 9.88 Å². The Balaban J connectivity index is 1.41. The van der Waals surface area contributed by atoms with Crippen LogP contribution in [0.2, 0.25) is 0 Å². The lowest BCUT2D eigenvalue weighted by Gasteiger charge is -2.26. The highest BCUT2D eigenvalue weighted by atomic mass is 16.5. The number of carbonyl (C=O) groups is 2. The van der Waals surface area contributed by atoms with E-state index in [1.165, 1.54) is 49.6 Å². The second-order valence-electron chi connectivity index (χ2n) is 11.3. The molecule has 1 fully saturated rings. The Kier molecular flexibility index (Phi) is 6.74. The Hall–Kier alpha value is -4.26. The molecule has 1 amide bonds. The molecular weight excluding hydrogens is 504 g/mol. The highest BCUT2D eigenvalue weighted by molar-refractivity contribution is 6.02. The number of benzene rings is 3. The van der Waals surface area contributed by atoms with Crippen molar-refractivity contribution in [2.24, 2.45) is 0 Å². The first-order chi connectivity index (χ1) is 19.3. The first kappa shape index (κ1) is 26.0. The second-order valence-corrected chi connectivity index (χ2v) is 11.3. The molecule has 6 rings (SSSR count). The van der Waals surface area contributed by atoms with Gasteiger partial charge in [-0.25, -0.2) is 4.79 Å². The van der Waals surface area contributed by atoms with Crippen molar-refractivity contribution in [1.29, 1.82) is 0 Å². The fraction of sp³-hybridized carbons (Fsp3) is 0.333. The van der Waals surface area contributed by atoms with Crippen LogP contribution in [0.4, 0.5) is 0 Å². The van der Waals surface area contributed by atoms with Gasteiger partial charge in [-0.3, -0.25) is 4.79 Å². The molecule has 0 unspecified atom stereocenters. The van der Waals surface area contributed by atoms with Gasteiger partial charge in [0, 0.05) is 28.5 Å². The third-order valence-corrected chi connectivity index (χ3v) is 8.45. The summed E-state index contributed by atoms with van der Waals surface area (Å²) < 4.78 is 8.42. The zero-order valence-electron chi connectivity index (χ0n) is 22.7. The van der Waals surface area contributed by atoms with E-state index in [4.69, 9.17) is 4.74 Å². The largest absolute Gasteiger partial charge is 0.508 e. The highest BCUT2D eigenvalue weighted by Gasteiger charge is 2.36. The maximum absolute atomic E-state index is 13.5. The molecule has 40 heavy (non-hydrogen) atoms. The second kappa shape index (κ2) is 10.4. The van der Waals surface area contributed by atoms with E-state index in [9.17, 15) is 19.8 Å². The van der Waals surface area contributed by atoms with E-state index >= 15 is 0 Å². The number of aromatic hydroxyl groups is 1. The maximum Gasteiger partial charge on any atom is 0.329 e. The number of hydrogen-bond donors (Lipinski definition) is 3. The molecule has 0 spiro atoms. The molecule has 2 heterocycles. The Morgan fingerprint density at radius 2 is 1.77 bits per heavy atom. The lowest BCUT2D eigenvalue weighted by Crippen LogP contribution is -2.53. The summed E-state index contributed by atoms with van der Waals surface area (Å²) in [4.78, 5) is 25.9. The lowest BCUT2D eigenvalue weighted by atomic mass is 9.81. The summed E-state index contributed by atoms with van der Waals surface area (Å²) in [6, 6.07) is 20.3. The number of fused-ring (bicyclic) bond motifs is 5. The molecule has 3 aromatic carbocycles. The van der Waals surface area contributed by atoms with Crippen molar-refractivity contribution in [2.45, 2.75) is 63.5 Å². The van der Waals surface area contributed by atoms with Gasteiger partial charge in [-0.1, -0.05) is 49.6 Å². The van der Waals surface area contributed by atoms with Crippen LogP contribution in [0.5, 0.6) is 11.5 Å². The van der Waals surface area contributed by atoms with Crippen molar-refractivity contribution in [3.05, 3.63) is 83.4 Å². The topological polar surface area (TPSA) is 101 Å². The third-order valence-electron chi connectivity index (χ3n) is 8.45. The Bertz CT molecular complexity index is 1580. The van der Waals surface area contributed by atoms with Crippen LogP contribution < -0.4 is 10.1 Å². The van der Waals surface area contributed by atoms with Crippen LogP contribution >= 0.6 is 0 Å². The number of phenolic OH excluding ortho intramolecular Hbond substituents is 1. The molecule has 4 aromatic rings. The molecule has 1 aliphatic carbocycles. The molecule has 7 nitrogen and oxygen atoms in total. The normalized spacial score (nSPS) is 16.7. The predicted molar refractivity (Wildman–Crippen MR) is 154 cm³/mol. The number of ether oxygens (including phenoxy) is 1. The van der Waals surface area contributed by atoms with Crippen molar-refractivity contribution < 1.29 is 24.5 Å². The van der Waals surface area contributed by atoms with Gasteiger partial charge in [-0.05, 0) is 73.2 Å². The number of carboxylic acid groups (broad SMARTS) is 1. The number of phenols is 1. The maximum atomic E-state index is 13.5. The number of para-hydroxylation sites is 1. The van der Waals surface area contributed by atoms with E-state index in [0.29, 0.717) is 30.2 Å². The summed E-state index contributed by atoms with van der Waals surface area (Å²) in [5.41, 5.74) is 4.15. The van der Waals surface area contributed by atoms with Gasteiger partial charge in [-0.2, -0.15) is 0 Å². The van der Waals surface area contributed by atoms with Crippen LogP contribution in [0.15, 0.2) is 66.7 Å². The van der Waals surface area contributed by atoms with Crippen LogP contribution in [0.3, 0.4) is 0 Å². The van der Waals surface area contributed by atoms with Crippen LogP contribution in [-0.4, -0.2) is 38.8 Å². The first-order valence-corrected chi connectivity index (χ1v) is 14.1. The number of hydrogen-bond acceptors (Lipinski definition) is 4. The average molecular weight is 539 g/mol. The Labute approximate surface area is 233 Å². The molecule has 1 aromatic heterocycles. The quantitative estimate of drug-likeness (QED) is 0.269. The summed E-state index contributed by atoms with van der Waals surface area (Å²) in [7, 11) is 0. The summed E-state index contributed by atoms with van der Waals surface area (Å²) in [6.07, 6.45) is 6.06. The molecule has 1 aliphatic heterocycles. The van der Waals surface area contributed by atoms with Gasteiger partial charge in [-0.15, -0.1) is 0 Å². The van der Waals surface area contributed by atoms with E-state index in [-0.39, 0.29) is 12.2 Å². The number of nitrogens with one attached hydrogen (secondary N) is 1. The molecular formula is C33H34N2O5. The lowest BCUT2D eigenvalue weighted by molar-refractivity contribution is -0.143. The highest BCUT2D eigenvalue weighted by Crippen LogP contribution is 2.47. The van der Waals surface area contributed by atoms with Crippen LogP contribution in [-0.2, 0) is 17.8 Å². The van der Waals surface area contributed by atoms with Gasteiger partial charge in [0.1, 0.15) is 23.6 Å². The van der Waals surface area contributed by atoms with E-state index < -0.39 is 17.4 Å². The van der Waals surface area contributed by atoms with E-state index in [0.717, 1.165) is 35.1 Å². The molecule has 0 saturated heterocycles. The average Bonchev–Trinajstić information content (AvgIpc) is 3.15. The zero-order valence-corrected chi connectivity index (χ0v) is 22.7. The van der Waals surface area contributed by atoms with Gasteiger partial charge >= 0.3 is 5.97 Å². The van der Waals surface area contributed by atoms with Gasteiger partial charge in [0.15, 0.2) is 0 Å². The Morgan fingerprint density at radius 3 is 2.52 bits per heavy atom. The number of amides is 1. The standard InChI is InChI=1S/C33H34N2O5/c1-33(32(38)39,20-21-11-14-24(36)15-12-21)34-31(37)23-13-16-25-27(19-23)35-17-18-40-28-10-6-5-9-26(28)30(35)29(25)22-7-3-2-4-8-22/h5-6,9-16,19,22,36H,2-4,7-8,17-18,20H2,1H3,(H,34,37)(H,38,39)/t33-/m1/s1. The van der Waals surface area contributed by atoms with Gasteiger partial charge in [0.2, 0.25) is 0 Å². The minimum absolute atomic E-state index is 0.0804. The number of aliphatic carboxylic acids is 1. The Morgan fingerprint density at radius 1 is 1.02 bits per heavy atom. The molecule has 3 N–H and O–H groups in total. The van der Waals surface area contributed by atoms with Crippen molar-refractivity contribution in [3.8, 4) is 22.8 Å². The fourth-order valence-electron chi connectivity index (χ4n) is 6.40. The van der Waals surface area contributed by atoms with Gasteiger partial charge in [0.05, 0.1) is 12.2 Å². The molecule has 206 valence electrons. The molecule has 2 aliphatic rings. The van der Waals surface area contributed by atoms with Crippen LogP contribution in [0, 0.1) is 0 Å². The summed E-state index contributed by atoms with van der Waals surface area (Å²) >= 11 is 0. The van der Waals surface area contributed by atoms with Crippen molar-refractivity contribution in [3.63, 3.8) is 0 Å². The number of rotatable bonds is 6. The van der Waals surface area contributed by atoms with Gasteiger partial charge in [0.25, 0.3) is 5.91 Å². The summed E-state index contributed by atoms with van der Waals surface area (Å²) in [5.74, 6) is -0.139. The zero-order chi connectivity index (χ0) is 27.9. The smallest absolute Gasteiger partial charge is 0.329 e. The molecule has 7 heteroatoms. The van der Waals surface area contributed by atoms with Crippen molar-refractivity contribution >= 4 is 22.8 Å². The molecule has 1 atom stereocenters. The molecule has 0 bridgehead atoms. The summed E-state index contributed by atoms with van der Waals surface area (Å²) in [5, 5.41) is 23.6. The number of aromatic nitrogens is 1. The predicted octanol–water partition coefficient (Wildman–Crippen LogP) is 6.27. The number of carboxylic acids is 1. The SMILES string of the molecule is C[C@](Cc1ccc(O)cc1)(NC(=O)c1ccc2c(C3CCCCC3)c3n(c2c1)CCOc1ccccc1-3)C(=O)O.